The van der Waals surface area contributed by atoms with Crippen molar-refractivity contribution in [3.8, 4) is 0 Å². The predicted molar refractivity (Wildman–Crippen MR) is 93.1 cm³/mol. The second-order valence-corrected chi connectivity index (χ2v) is 6.71. The second kappa shape index (κ2) is 12.1. The Kier molecular flexibility index (Phi) is 11.4. The van der Waals surface area contributed by atoms with E-state index in [0.717, 1.165) is 19.3 Å². The first-order valence-corrected chi connectivity index (χ1v) is 8.86. The lowest BCUT2D eigenvalue weighted by atomic mass is 9.76. The van der Waals surface area contributed by atoms with Gasteiger partial charge >= 0.3 is 0 Å². The molecule has 0 heterocycles. The summed E-state index contributed by atoms with van der Waals surface area (Å²) in [4.78, 5) is 34.9. The SMILES string of the molecule is CCCNC(=O)CCC(C)(CCC(C)=O)CCC(=O)NCCC. The molecule has 5 nitrogen and oxygen atoms in total. The Morgan fingerprint density at radius 1 is 0.783 bits per heavy atom. The summed E-state index contributed by atoms with van der Waals surface area (Å²) in [6, 6.07) is 0. The first kappa shape index (κ1) is 21.6. The summed E-state index contributed by atoms with van der Waals surface area (Å²) in [5, 5.41) is 5.75. The van der Waals surface area contributed by atoms with Crippen molar-refractivity contribution >= 4 is 17.6 Å². The summed E-state index contributed by atoms with van der Waals surface area (Å²) >= 11 is 0. The van der Waals surface area contributed by atoms with Crippen LogP contribution in [0.2, 0.25) is 0 Å². The van der Waals surface area contributed by atoms with Crippen molar-refractivity contribution in [2.24, 2.45) is 5.41 Å². The minimum absolute atomic E-state index is 0.0522. The molecule has 2 N–H and O–H groups in total. The fourth-order valence-electron chi connectivity index (χ4n) is 2.39. The molecule has 0 fully saturated rings. The molecule has 0 aromatic rings. The zero-order valence-corrected chi connectivity index (χ0v) is 15.3. The van der Waals surface area contributed by atoms with E-state index in [0.29, 0.717) is 45.2 Å². The van der Waals surface area contributed by atoms with Crippen LogP contribution in [0.3, 0.4) is 0 Å². The number of hydrogen-bond acceptors (Lipinski definition) is 3. The van der Waals surface area contributed by atoms with Crippen LogP contribution in [0.15, 0.2) is 0 Å². The number of hydrogen-bond donors (Lipinski definition) is 2. The largest absolute Gasteiger partial charge is 0.356 e. The van der Waals surface area contributed by atoms with E-state index in [1.54, 1.807) is 6.92 Å². The van der Waals surface area contributed by atoms with Gasteiger partial charge in [0.1, 0.15) is 5.78 Å². The molecule has 134 valence electrons. The molecule has 0 aliphatic rings. The first-order valence-electron chi connectivity index (χ1n) is 8.86. The summed E-state index contributed by atoms with van der Waals surface area (Å²) in [5.41, 5.74) is -0.154. The summed E-state index contributed by atoms with van der Waals surface area (Å²) < 4.78 is 0. The molecule has 0 bridgehead atoms. The Labute approximate surface area is 141 Å². The molecule has 5 heteroatoms. The molecule has 0 atom stereocenters. The van der Waals surface area contributed by atoms with E-state index in [1.165, 1.54) is 0 Å². The van der Waals surface area contributed by atoms with E-state index >= 15 is 0 Å². The Hall–Kier alpha value is -1.39. The lowest BCUT2D eigenvalue weighted by Crippen LogP contribution is -2.29. The van der Waals surface area contributed by atoms with E-state index < -0.39 is 0 Å². The van der Waals surface area contributed by atoms with Gasteiger partial charge in [-0.3, -0.25) is 9.59 Å². The minimum Gasteiger partial charge on any atom is -0.356 e. The number of Topliss-reactive ketones (excluding diaryl/α,β-unsaturated/α-hetero) is 1. The maximum atomic E-state index is 11.8. The summed E-state index contributed by atoms with van der Waals surface area (Å²) in [6.45, 7) is 9.10. The van der Waals surface area contributed by atoms with Gasteiger partial charge in [-0.25, -0.2) is 0 Å². The molecule has 0 aromatic carbocycles. The Morgan fingerprint density at radius 2 is 1.17 bits per heavy atom. The van der Waals surface area contributed by atoms with Crippen molar-refractivity contribution < 1.29 is 14.4 Å². The van der Waals surface area contributed by atoms with Crippen LogP contribution < -0.4 is 10.6 Å². The molecule has 0 aliphatic carbocycles. The summed E-state index contributed by atoms with van der Waals surface area (Å²) in [5.74, 6) is 0.259. The highest BCUT2D eigenvalue weighted by Crippen LogP contribution is 2.34. The van der Waals surface area contributed by atoms with Crippen LogP contribution in [0.4, 0.5) is 0 Å². The van der Waals surface area contributed by atoms with Gasteiger partial charge in [-0.2, -0.15) is 0 Å². The number of amides is 2. The van der Waals surface area contributed by atoms with Crippen LogP contribution in [-0.4, -0.2) is 30.7 Å². The third-order valence-electron chi connectivity index (χ3n) is 4.14. The standard InChI is InChI=1S/C18H34N2O3/c1-5-13-19-16(22)8-11-18(4,10-7-15(3)21)12-9-17(23)20-14-6-2/h5-14H2,1-4H3,(H,19,22)(H,20,23). The van der Waals surface area contributed by atoms with Crippen LogP contribution in [0, 0.1) is 5.41 Å². The third kappa shape index (κ3) is 11.8. The topological polar surface area (TPSA) is 75.3 Å². The summed E-state index contributed by atoms with van der Waals surface area (Å²) in [6.07, 6.45) is 5.38. The molecular formula is C18H34N2O3. The number of nitrogens with one attached hydrogen (secondary N) is 2. The van der Waals surface area contributed by atoms with Gasteiger partial charge in [0.15, 0.2) is 0 Å². The summed E-state index contributed by atoms with van der Waals surface area (Å²) in [7, 11) is 0. The third-order valence-corrected chi connectivity index (χ3v) is 4.14. The molecule has 23 heavy (non-hydrogen) atoms. The van der Waals surface area contributed by atoms with E-state index in [9.17, 15) is 14.4 Å². The first-order chi connectivity index (χ1) is 10.8. The molecule has 0 saturated carbocycles. The Bertz CT molecular complexity index is 356. The number of carbonyl (C=O) groups is 3. The van der Waals surface area contributed by atoms with Crippen LogP contribution in [0.25, 0.3) is 0 Å². The van der Waals surface area contributed by atoms with Gasteiger partial charge in [-0.05, 0) is 44.4 Å². The molecular weight excluding hydrogens is 292 g/mol. The van der Waals surface area contributed by atoms with E-state index in [-0.39, 0.29) is 23.0 Å². The van der Waals surface area contributed by atoms with E-state index in [1.807, 2.05) is 13.8 Å². The van der Waals surface area contributed by atoms with Crippen molar-refractivity contribution in [3.63, 3.8) is 0 Å². The lowest BCUT2D eigenvalue weighted by Gasteiger charge is -2.29. The average molecular weight is 326 g/mol. The zero-order chi connectivity index (χ0) is 17.7. The molecule has 2 amide bonds. The quantitative estimate of drug-likeness (QED) is 0.546. The predicted octanol–water partition coefficient (Wildman–Crippen LogP) is 2.97. The van der Waals surface area contributed by atoms with E-state index in [2.05, 4.69) is 17.6 Å². The maximum absolute atomic E-state index is 11.8. The minimum atomic E-state index is -0.154. The molecule has 0 unspecified atom stereocenters. The van der Waals surface area contributed by atoms with Gasteiger partial charge in [-0.15, -0.1) is 0 Å². The number of rotatable bonds is 13. The van der Waals surface area contributed by atoms with Gasteiger partial charge in [0.05, 0.1) is 0 Å². The number of ketones is 1. The van der Waals surface area contributed by atoms with Crippen molar-refractivity contribution in [2.75, 3.05) is 13.1 Å². The monoisotopic (exact) mass is 326 g/mol. The fraction of sp³-hybridized carbons (Fsp3) is 0.833. The van der Waals surface area contributed by atoms with Gasteiger partial charge < -0.3 is 15.4 Å². The van der Waals surface area contributed by atoms with Crippen LogP contribution in [-0.2, 0) is 14.4 Å². The van der Waals surface area contributed by atoms with Crippen molar-refractivity contribution in [1.29, 1.82) is 0 Å². The highest BCUT2D eigenvalue weighted by atomic mass is 16.2. The van der Waals surface area contributed by atoms with Crippen LogP contribution in [0.5, 0.6) is 0 Å². The molecule has 0 spiro atoms. The highest BCUT2D eigenvalue weighted by Gasteiger charge is 2.26. The molecule has 0 saturated heterocycles. The average Bonchev–Trinajstić information content (AvgIpc) is 2.52. The van der Waals surface area contributed by atoms with E-state index in [4.69, 9.17) is 0 Å². The van der Waals surface area contributed by atoms with Gasteiger partial charge in [-0.1, -0.05) is 20.8 Å². The van der Waals surface area contributed by atoms with Gasteiger partial charge in [0.2, 0.25) is 11.8 Å². The smallest absolute Gasteiger partial charge is 0.220 e. The second-order valence-electron chi connectivity index (χ2n) is 6.71. The molecule has 0 rings (SSSR count). The fourth-order valence-corrected chi connectivity index (χ4v) is 2.39. The number of carbonyl (C=O) groups excluding carboxylic acids is 3. The molecule has 0 aromatic heterocycles. The molecule has 0 radical (unpaired) electrons. The normalized spacial score (nSPS) is 11.1. The Morgan fingerprint density at radius 3 is 1.52 bits per heavy atom. The van der Waals surface area contributed by atoms with Crippen LogP contribution in [0.1, 0.15) is 79.1 Å². The molecule has 0 aliphatic heterocycles. The van der Waals surface area contributed by atoms with Crippen molar-refractivity contribution in [1.82, 2.24) is 10.6 Å². The maximum Gasteiger partial charge on any atom is 0.220 e. The van der Waals surface area contributed by atoms with Crippen molar-refractivity contribution in [3.05, 3.63) is 0 Å². The lowest BCUT2D eigenvalue weighted by molar-refractivity contribution is -0.121. The van der Waals surface area contributed by atoms with Gasteiger partial charge in [0, 0.05) is 32.4 Å². The van der Waals surface area contributed by atoms with Gasteiger partial charge in [0.25, 0.3) is 0 Å². The van der Waals surface area contributed by atoms with Crippen molar-refractivity contribution in [2.45, 2.75) is 79.1 Å². The van der Waals surface area contributed by atoms with Crippen LogP contribution >= 0.6 is 0 Å². The Balaban J connectivity index is 4.46. The highest BCUT2D eigenvalue weighted by molar-refractivity contribution is 5.77. The zero-order valence-electron chi connectivity index (χ0n) is 15.3.